The number of carbonyl (C=O) groups excluding carboxylic acids is 1. The van der Waals surface area contributed by atoms with Crippen molar-refractivity contribution in [1.29, 1.82) is 0 Å². The maximum absolute atomic E-state index is 12.6. The van der Waals surface area contributed by atoms with E-state index in [-0.39, 0.29) is 17.7 Å². The van der Waals surface area contributed by atoms with E-state index in [1.54, 1.807) is 30.0 Å². The molecule has 1 heterocycles. The maximum atomic E-state index is 12.6. The Hall–Kier alpha value is -1.59. The van der Waals surface area contributed by atoms with Crippen LogP contribution in [0.5, 0.6) is 5.75 Å². The van der Waals surface area contributed by atoms with Crippen LogP contribution in [0.15, 0.2) is 18.2 Å². The molecule has 0 bridgehead atoms. The summed E-state index contributed by atoms with van der Waals surface area (Å²) in [7, 11) is 3.90. The molecule has 0 spiro atoms. The molecule has 1 aromatic rings. The minimum atomic E-state index is -0.471. The number of aliphatic hydroxyl groups is 1. The summed E-state index contributed by atoms with van der Waals surface area (Å²) in [4.78, 5) is 16.4. The van der Waals surface area contributed by atoms with Crippen molar-refractivity contribution in [3.05, 3.63) is 29.3 Å². The van der Waals surface area contributed by atoms with Crippen LogP contribution in [0.1, 0.15) is 22.3 Å². The molecule has 1 aromatic carbocycles. The predicted octanol–water partition coefficient (Wildman–Crippen LogP) is 0.838. The van der Waals surface area contributed by atoms with Gasteiger partial charge in [-0.05, 0) is 39.6 Å². The summed E-state index contributed by atoms with van der Waals surface area (Å²) in [5.74, 6) is 0.00144. The molecule has 5 nitrogen and oxygen atoms in total. The summed E-state index contributed by atoms with van der Waals surface area (Å²) in [5.41, 5.74) is 1.09. The molecule has 2 unspecified atom stereocenters. The summed E-state index contributed by atoms with van der Waals surface area (Å²) in [6.45, 7) is 2.81. The van der Waals surface area contributed by atoms with E-state index >= 15 is 0 Å². The normalized spacial score (nSPS) is 22.6. The van der Waals surface area contributed by atoms with Gasteiger partial charge in [0.05, 0.1) is 6.10 Å². The number of rotatable bonds is 3. The van der Waals surface area contributed by atoms with Crippen molar-refractivity contribution < 1.29 is 15.0 Å². The summed E-state index contributed by atoms with van der Waals surface area (Å²) >= 11 is 0. The van der Waals surface area contributed by atoms with Gasteiger partial charge < -0.3 is 20.0 Å². The lowest BCUT2D eigenvalue weighted by molar-refractivity contribution is 0.0698. The number of amides is 1. The zero-order valence-electron chi connectivity index (χ0n) is 12.2. The van der Waals surface area contributed by atoms with E-state index in [0.29, 0.717) is 24.1 Å². The van der Waals surface area contributed by atoms with Crippen molar-refractivity contribution in [2.45, 2.75) is 25.5 Å². The molecule has 1 aliphatic rings. The van der Waals surface area contributed by atoms with Crippen molar-refractivity contribution in [3.8, 4) is 5.75 Å². The lowest BCUT2D eigenvalue weighted by Gasteiger charge is -2.27. The lowest BCUT2D eigenvalue weighted by Crippen LogP contribution is -2.41. The average Bonchev–Trinajstić information content (AvgIpc) is 2.72. The predicted molar refractivity (Wildman–Crippen MR) is 76.8 cm³/mol. The number of carbonyl (C=O) groups is 1. The van der Waals surface area contributed by atoms with E-state index in [4.69, 9.17) is 0 Å². The Labute approximate surface area is 119 Å². The third-order valence-corrected chi connectivity index (χ3v) is 3.76. The number of aliphatic hydroxyl groups excluding tert-OH is 1. The van der Waals surface area contributed by atoms with Crippen LogP contribution in [-0.2, 0) is 0 Å². The molecule has 5 heteroatoms. The number of phenols is 1. The number of nitrogens with zero attached hydrogens (tertiary/aromatic N) is 2. The van der Waals surface area contributed by atoms with Crippen molar-refractivity contribution in [2.24, 2.45) is 0 Å². The van der Waals surface area contributed by atoms with Crippen LogP contribution < -0.4 is 0 Å². The van der Waals surface area contributed by atoms with E-state index in [1.807, 2.05) is 19.0 Å². The molecule has 2 atom stereocenters. The van der Waals surface area contributed by atoms with E-state index in [0.717, 1.165) is 6.54 Å². The molecule has 1 fully saturated rings. The lowest BCUT2D eigenvalue weighted by atomic mass is 10.1. The van der Waals surface area contributed by atoms with Crippen LogP contribution in [0.4, 0.5) is 0 Å². The Morgan fingerprint density at radius 1 is 1.45 bits per heavy atom. The monoisotopic (exact) mass is 278 g/mol. The van der Waals surface area contributed by atoms with Gasteiger partial charge in [0.15, 0.2) is 0 Å². The number of hydrogen-bond donors (Lipinski definition) is 2. The van der Waals surface area contributed by atoms with Crippen LogP contribution >= 0.6 is 0 Å². The zero-order chi connectivity index (χ0) is 14.9. The van der Waals surface area contributed by atoms with Crippen LogP contribution in [0.3, 0.4) is 0 Å². The van der Waals surface area contributed by atoms with E-state index in [1.165, 1.54) is 0 Å². The summed E-state index contributed by atoms with van der Waals surface area (Å²) in [6, 6.07) is 4.97. The average molecular weight is 278 g/mol. The van der Waals surface area contributed by atoms with Crippen LogP contribution in [0.2, 0.25) is 0 Å². The van der Waals surface area contributed by atoms with Crippen LogP contribution in [0, 0.1) is 6.92 Å². The quantitative estimate of drug-likeness (QED) is 0.860. The number of hydrogen-bond acceptors (Lipinski definition) is 4. The van der Waals surface area contributed by atoms with Gasteiger partial charge in [0.2, 0.25) is 0 Å². The number of aromatic hydroxyl groups is 1. The number of likely N-dealkylation sites (N-methyl/N-ethyl adjacent to an activating group) is 1. The molecule has 0 aliphatic carbocycles. The molecule has 0 saturated carbocycles. The van der Waals surface area contributed by atoms with Gasteiger partial charge in [-0.15, -0.1) is 0 Å². The van der Waals surface area contributed by atoms with Gasteiger partial charge >= 0.3 is 0 Å². The van der Waals surface area contributed by atoms with Crippen molar-refractivity contribution in [2.75, 3.05) is 27.2 Å². The fourth-order valence-electron chi connectivity index (χ4n) is 2.75. The Morgan fingerprint density at radius 2 is 2.15 bits per heavy atom. The smallest absolute Gasteiger partial charge is 0.254 e. The number of β-amino-alcohol motifs (C(OH)–C–C–N with tert-alkyl or cyclic N) is 1. The first-order chi connectivity index (χ1) is 9.40. The maximum Gasteiger partial charge on any atom is 0.254 e. The Bertz CT molecular complexity index is 502. The minimum Gasteiger partial charge on any atom is -0.508 e. The minimum absolute atomic E-state index is 0.00856. The molecule has 110 valence electrons. The summed E-state index contributed by atoms with van der Waals surface area (Å²) in [6.07, 6.45) is 0.128. The molecule has 1 saturated heterocycles. The van der Waals surface area contributed by atoms with Gasteiger partial charge in [0.25, 0.3) is 5.91 Å². The van der Waals surface area contributed by atoms with Gasteiger partial charge in [0.1, 0.15) is 5.75 Å². The second kappa shape index (κ2) is 5.81. The fourth-order valence-corrected chi connectivity index (χ4v) is 2.75. The van der Waals surface area contributed by atoms with Crippen molar-refractivity contribution >= 4 is 5.91 Å². The highest BCUT2D eigenvalue weighted by Gasteiger charge is 2.35. The molecule has 2 N–H and O–H groups in total. The number of benzene rings is 1. The first-order valence-corrected chi connectivity index (χ1v) is 6.82. The van der Waals surface area contributed by atoms with Crippen molar-refractivity contribution in [3.63, 3.8) is 0 Å². The first kappa shape index (κ1) is 14.8. The number of likely N-dealkylation sites (tertiary alicyclic amines) is 1. The second-order valence-corrected chi connectivity index (χ2v) is 5.71. The highest BCUT2D eigenvalue weighted by molar-refractivity contribution is 5.96. The van der Waals surface area contributed by atoms with Crippen LogP contribution in [-0.4, -0.2) is 65.3 Å². The Kier molecular flexibility index (Phi) is 4.30. The highest BCUT2D eigenvalue weighted by atomic mass is 16.3. The molecule has 1 aliphatic heterocycles. The number of phenolic OH excluding ortho intramolecular Hbond substituents is 1. The summed E-state index contributed by atoms with van der Waals surface area (Å²) < 4.78 is 0. The third kappa shape index (κ3) is 2.94. The fraction of sp³-hybridized carbons (Fsp3) is 0.533. The molecule has 20 heavy (non-hydrogen) atoms. The topological polar surface area (TPSA) is 64.0 Å². The molecular weight excluding hydrogens is 256 g/mol. The van der Waals surface area contributed by atoms with Gasteiger partial charge in [-0.25, -0.2) is 0 Å². The molecular formula is C15H22N2O3. The van der Waals surface area contributed by atoms with Gasteiger partial charge in [-0.3, -0.25) is 4.79 Å². The first-order valence-electron chi connectivity index (χ1n) is 6.82. The molecule has 1 amide bonds. The Morgan fingerprint density at radius 3 is 2.80 bits per heavy atom. The van der Waals surface area contributed by atoms with E-state index < -0.39 is 6.10 Å². The van der Waals surface area contributed by atoms with Crippen LogP contribution in [0.25, 0.3) is 0 Å². The van der Waals surface area contributed by atoms with E-state index in [9.17, 15) is 15.0 Å². The molecule has 0 aromatic heterocycles. The molecule has 0 radical (unpaired) electrons. The SMILES string of the molecule is Cc1c(O)cccc1C(=O)N1CC(O)CC1CN(C)C. The Balaban J connectivity index is 2.24. The third-order valence-electron chi connectivity index (χ3n) is 3.76. The zero-order valence-corrected chi connectivity index (χ0v) is 12.2. The van der Waals surface area contributed by atoms with Gasteiger partial charge in [0, 0.05) is 30.3 Å². The van der Waals surface area contributed by atoms with E-state index in [2.05, 4.69) is 0 Å². The summed E-state index contributed by atoms with van der Waals surface area (Å²) in [5, 5.41) is 19.6. The van der Waals surface area contributed by atoms with Crippen molar-refractivity contribution in [1.82, 2.24) is 9.80 Å². The standard InChI is InChI=1S/C15H22N2O3/c1-10-13(5-4-6-14(10)19)15(20)17-9-12(18)7-11(17)8-16(2)3/h4-6,11-12,18-19H,7-9H2,1-3H3. The van der Waals surface area contributed by atoms with Gasteiger partial charge in [-0.2, -0.15) is 0 Å². The van der Waals surface area contributed by atoms with Gasteiger partial charge in [-0.1, -0.05) is 6.07 Å². The highest BCUT2D eigenvalue weighted by Crippen LogP contribution is 2.25. The second-order valence-electron chi connectivity index (χ2n) is 5.71. The molecule has 2 rings (SSSR count). The largest absolute Gasteiger partial charge is 0.508 e.